The van der Waals surface area contributed by atoms with E-state index in [0.717, 1.165) is 24.3 Å². The highest BCUT2D eigenvalue weighted by Crippen LogP contribution is 2.27. The lowest BCUT2D eigenvalue weighted by molar-refractivity contribution is 0.102. The number of Topliss-reactive ketones (excluding diaryl/α,β-unsaturated/α-hetero) is 1. The van der Waals surface area contributed by atoms with E-state index in [1.807, 2.05) is 6.07 Å². The molecule has 0 saturated heterocycles. The molecule has 1 atom stereocenters. The minimum atomic E-state index is 0.173. The molecule has 0 spiro atoms. The van der Waals surface area contributed by atoms with Crippen LogP contribution in [0.15, 0.2) is 18.2 Å². The zero-order valence-electron chi connectivity index (χ0n) is 8.22. The van der Waals surface area contributed by atoms with Crippen LogP contribution in [0.2, 0.25) is 0 Å². The summed E-state index contributed by atoms with van der Waals surface area (Å²) in [6, 6.07) is 6.11. The van der Waals surface area contributed by atoms with Gasteiger partial charge in [0.1, 0.15) is 0 Å². The lowest BCUT2D eigenvalue weighted by atomic mass is 10.0. The molecule has 0 amide bonds. The number of alkyl halides is 1. The quantitative estimate of drug-likeness (QED) is 0.585. The van der Waals surface area contributed by atoms with Crippen molar-refractivity contribution in [3.8, 4) is 0 Å². The van der Waals surface area contributed by atoms with E-state index in [9.17, 15) is 4.79 Å². The summed E-state index contributed by atoms with van der Waals surface area (Å²) in [5, 5.41) is 0.418. The van der Waals surface area contributed by atoms with Crippen molar-refractivity contribution in [2.24, 2.45) is 5.92 Å². The van der Waals surface area contributed by atoms with Crippen LogP contribution in [0.1, 0.15) is 28.4 Å². The molecular formula is C12H13BrO. The molecule has 1 aliphatic carbocycles. The van der Waals surface area contributed by atoms with Crippen LogP contribution >= 0.6 is 15.9 Å². The predicted octanol–water partition coefficient (Wildman–Crippen LogP) is 3.00. The third-order valence-electron chi connectivity index (χ3n) is 2.79. The number of carbonyl (C=O) groups excluding carboxylic acids is 1. The van der Waals surface area contributed by atoms with Gasteiger partial charge in [0.05, 0.1) is 5.33 Å². The minimum Gasteiger partial charge on any atom is -0.293 e. The highest BCUT2D eigenvalue weighted by molar-refractivity contribution is 9.09. The first-order valence-electron chi connectivity index (χ1n) is 4.91. The molecule has 0 bridgehead atoms. The number of ketones is 1. The van der Waals surface area contributed by atoms with Crippen LogP contribution in [0, 0.1) is 5.92 Å². The van der Waals surface area contributed by atoms with Crippen LogP contribution in [0.3, 0.4) is 0 Å². The molecule has 1 nitrogen and oxygen atoms in total. The zero-order valence-corrected chi connectivity index (χ0v) is 9.80. The van der Waals surface area contributed by atoms with Crippen LogP contribution in [0.5, 0.6) is 0 Å². The minimum absolute atomic E-state index is 0.173. The molecule has 0 aromatic heterocycles. The normalized spacial score (nSPS) is 19.4. The van der Waals surface area contributed by atoms with E-state index in [0.29, 0.717) is 5.33 Å². The van der Waals surface area contributed by atoms with Gasteiger partial charge in [0.25, 0.3) is 0 Å². The Hall–Kier alpha value is -0.630. The van der Waals surface area contributed by atoms with Crippen LogP contribution in [0.25, 0.3) is 0 Å². The predicted molar refractivity (Wildman–Crippen MR) is 61.1 cm³/mol. The number of rotatable bonds is 2. The highest BCUT2D eigenvalue weighted by atomic mass is 79.9. The molecule has 14 heavy (non-hydrogen) atoms. The monoisotopic (exact) mass is 252 g/mol. The first-order valence-corrected chi connectivity index (χ1v) is 6.04. The number of benzene rings is 1. The van der Waals surface area contributed by atoms with Crippen molar-refractivity contribution < 1.29 is 4.79 Å². The van der Waals surface area contributed by atoms with Crippen molar-refractivity contribution in [2.75, 3.05) is 5.33 Å². The Morgan fingerprint density at radius 1 is 1.43 bits per heavy atom. The lowest BCUT2D eigenvalue weighted by Gasteiger charge is -2.01. The molecule has 0 radical (unpaired) electrons. The third kappa shape index (κ3) is 1.76. The summed E-state index contributed by atoms with van der Waals surface area (Å²) in [6.07, 6.45) is 2.29. The average molecular weight is 253 g/mol. The molecule has 1 aromatic carbocycles. The maximum absolute atomic E-state index is 11.4. The molecule has 2 rings (SSSR count). The number of fused-ring (bicyclic) bond motifs is 1. The van der Waals surface area contributed by atoms with Gasteiger partial charge in [-0.1, -0.05) is 35.0 Å². The van der Waals surface area contributed by atoms with Gasteiger partial charge in [-0.05, 0) is 36.0 Å². The maximum atomic E-state index is 11.4. The topological polar surface area (TPSA) is 17.1 Å². The number of hydrogen-bond acceptors (Lipinski definition) is 1. The summed E-state index contributed by atoms with van der Waals surface area (Å²) in [5.41, 5.74) is 3.63. The zero-order chi connectivity index (χ0) is 10.1. The van der Waals surface area contributed by atoms with Crippen molar-refractivity contribution in [3.05, 3.63) is 34.9 Å². The second-order valence-electron chi connectivity index (χ2n) is 4.05. The molecule has 1 aromatic rings. The molecule has 0 heterocycles. The molecule has 74 valence electrons. The van der Waals surface area contributed by atoms with Gasteiger partial charge in [0, 0.05) is 5.56 Å². The Morgan fingerprint density at radius 2 is 2.14 bits per heavy atom. The smallest absolute Gasteiger partial charge is 0.173 e. The van der Waals surface area contributed by atoms with Gasteiger partial charge in [-0.3, -0.25) is 4.79 Å². The van der Waals surface area contributed by atoms with Crippen LogP contribution in [-0.2, 0) is 12.8 Å². The third-order valence-corrected chi connectivity index (χ3v) is 3.30. The maximum Gasteiger partial charge on any atom is 0.173 e. The number of hydrogen-bond donors (Lipinski definition) is 0. The molecule has 0 aliphatic heterocycles. The van der Waals surface area contributed by atoms with Crippen molar-refractivity contribution in [3.63, 3.8) is 0 Å². The Kier molecular flexibility index (Phi) is 2.73. The lowest BCUT2D eigenvalue weighted by Crippen LogP contribution is -2.00. The summed E-state index contributed by atoms with van der Waals surface area (Å²) in [5.74, 6) is 0.909. The fourth-order valence-corrected chi connectivity index (χ4v) is 2.41. The standard InChI is InChI=1S/C12H13BrO/c1-8-4-9-2-3-10(12(14)7-13)6-11(9)5-8/h2-3,6,8H,4-5,7H2,1H3. The Morgan fingerprint density at radius 3 is 2.86 bits per heavy atom. The van der Waals surface area contributed by atoms with Crippen LogP contribution < -0.4 is 0 Å². The summed E-state index contributed by atoms with van der Waals surface area (Å²) in [6.45, 7) is 2.26. The molecule has 0 saturated carbocycles. The van der Waals surface area contributed by atoms with E-state index in [4.69, 9.17) is 0 Å². The fourth-order valence-electron chi connectivity index (χ4n) is 2.09. The molecule has 1 aliphatic rings. The first-order chi connectivity index (χ1) is 6.70. The van der Waals surface area contributed by atoms with Gasteiger partial charge in [-0.25, -0.2) is 0 Å². The molecule has 0 fully saturated rings. The van der Waals surface area contributed by atoms with Gasteiger partial charge in [0.15, 0.2) is 5.78 Å². The van der Waals surface area contributed by atoms with Crippen molar-refractivity contribution in [1.29, 1.82) is 0 Å². The number of halogens is 1. The van der Waals surface area contributed by atoms with Gasteiger partial charge in [-0.2, -0.15) is 0 Å². The highest BCUT2D eigenvalue weighted by Gasteiger charge is 2.18. The van der Waals surface area contributed by atoms with E-state index in [2.05, 4.69) is 35.0 Å². The summed E-state index contributed by atoms with van der Waals surface area (Å²) in [4.78, 5) is 11.4. The Balaban J connectivity index is 2.33. The summed E-state index contributed by atoms with van der Waals surface area (Å²) in [7, 11) is 0. The van der Waals surface area contributed by atoms with Gasteiger partial charge in [-0.15, -0.1) is 0 Å². The first kappa shape index (κ1) is 9.91. The van der Waals surface area contributed by atoms with E-state index >= 15 is 0 Å². The van der Waals surface area contributed by atoms with Crippen molar-refractivity contribution in [1.82, 2.24) is 0 Å². The Labute approximate surface area is 92.6 Å². The van der Waals surface area contributed by atoms with E-state index in [-0.39, 0.29) is 5.78 Å². The second-order valence-corrected chi connectivity index (χ2v) is 4.61. The number of carbonyl (C=O) groups is 1. The van der Waals surface area contributed by atoms with Crippen molar-refractivity contribution >= 4 is 21.7 Å². The van der Waals surface area contributed by atoms with Crippen LogP contribution in [0.4, 0.5) is 0 Å². The van der Waals surface area contributed by atoms with Crippen LogP contribution in [-0.4, -0.2) is 11.1 Å². The van der Waals surface area contributed by atoms with Crippen molar-refractivity contribution in [2.45, 2.75) is 19.8 Å². The van der Waals surface area contributed by atoms with E-state index in [1.165, 1.54) is 11.1 Å². The van der Waals surface area contributed by atoms with Gasteiger partial charge >= 0.3 is 0 Å². The molecule has 1 unspecified atom stereocenters. The van der Waals surface area contributed by atoms with Gasteiger partial charge in [0.2, 0.25) is 0 Å². The largest absolute Gasteiger partial charge is 0.293 e. The second kappa shape index (κ2) is 3.85. The van der Waals surface area contributed by atoms with E-state index in [1.54, 1.807) is 0 Å². The summed E-state index contributed by atoms with van der Waals surface area (Å²) < 4.78 is 0. The fraction of sp³-hybridized carbons (Fsp3) is 0.417. The molecule has 0 N–H and O–H groups in total. The Bertz CT molecular complexity index is 371. The SMILES string of the molecule is CC1Cc2ccc(C(=O)CBr)cc2C1. The molecular weight excluding hydrogens is 240 g/mol. The average Bonchev–Trinajstić information content (AvgIpc) is 2.55. The van der Waals surface area contributed by atoms with Gasteiger partial charge < -0.3 is 0 Å². The summed E-state index contributed by atoms with van der Waals surface area (Å²) >= 11 is 3.19. The molecule has 2 heteroatoms. The van der Waals surface area contributed by atoms with E-state index < -0.39 is 0 Å².